The molecule has 1 amide bonds. The number of morpholine rings is 1. The first-order valence-electron chi connectivity index (χ1n) is 9.53. The molecule has 27 heavy (non-hydrogen) atoms. The van der Waals surface area contributed by atoms with Gasteiger partial charge in [0.25, 0.3) is 5.91 Å². The number of nitrogens with zero attached hydrogens (tertiary/aromatic N) is 1. The quantitative estimate of drug-likeness (QED) is 0.733. The van der Waals surface area contributed by atoms with Gasteiger partial charge in [-0.3, -0.25) is 4.79 Å². The van der Waals surface area contributed by atoms with E-state index in [4.69, 9.17) is 4.74 Å². The van der Waals surface area contributed by atoms with Gasteiger partial charge in [0.1, 0.15) is 0 Å². The second-order valence-corrected chi connectivity index (χ2v) is 8.20. The third-order valence-electron chi connectivity index (χ3n) is 5.55. The van der Waals surface area contributed by atoms with Crippen LogP contribution in [0.4, 0.5) is 5.00 Å². The van der Waals surface area contributed by atoms with Crippen LogP contribution in [0, 0.1) is 0 Å². The van der Waals surface area contributed by atoms with Gasteiger partial charge < -0.3 is 15.0 Å². The highest BCUT2D eigenvalue weighted by molar-refractivity contribution is 7.18. The molecule has 3 aromatic rings. The van der Waals surface area contributed by atoms with E-state index in [-0.39, 0.29) is 11.8 Å². The number of benzene rings is 2. The Labute approximate surface area is 162 Å². The number of carbonyl (C=O) groups excluding carboxylic acids is 1. The summed E-state index contributed by atoms with van der Waals surface area (Å²) >= 11 is 1.62. The smallest absolute Gasteiger partial charge is 0.261 e. The summed E-state index contributed by atoms with van der Waals surface area (Å²) in [5, 5.41) is 6.78. The van der Waals surface area contributed by atoms with Crippen molar-refractivity contribution in [3.8, 4) is 0 Å². The molecule has 0 radical (unpaired) electrons. The highest BCUT2D eigenvalue weighted by atomic mass is 32.1. The lowest BCUT2D eigenvalue weighted by molar-refractivity contribution is 0.0960. The van der Waals surface area contributed by atoms with E-state index in [9.17, 15) is 4.79 Å². The van der Waals surface area contributed by atoms with E-state index in [0.29, 0.717) is 6.54 Å². The van der Waals surface area contributed by atoms with Gasteiger partial charge in [-0.2, -0.15) is 0 Å². The van der Waals surface area contributed by atoms with E-state index in [1.54, 1.807) is 11.3 Å². The molecule has 1 atom stereocenters. The second-order valence-electron chi connectivity index (χ2n) is 7.17. The van der Waals surface area contributed by atoms with Gasteiger partial charge in [0.15, 0.2) is 0 Å². The number of hydrogen-bond acceptors (Lipinski definition) is 4. The van der Waals surface area contributed by atoms with Crippen LogP contribution in [0.5, 0.6) is 0 Å². The van der Waals surface area contributed by atoms with Crippen molar-refractivity contribution in [1.82, 2.24) is 5.32 Å². The normalized spacial score (nSPS) is 20.2. The molecule has 3 heterocycles. The Morgan fingerprint density at radius 1 is 1.04 bits per heavy atom. The zero-order valence-corrected chi connectivity index (χ0v) is 15.9. The number of carbonyl (C=O) groups is 1. The second kappa shape index (κ2) is 6.98. The molecule has 2 aliphatic rings. The fourth-order valence-corrected chi connectivity index (χ4v) is 5.29. The van der Waals surface area contributed by atoms with Gasteiger partial charge in [-0.05, 0) is 34.4 Å². The highest BCUT2D eigenvalue weighted by Gasteiger charge is 2.29. The molecule has 2 aromatic carbocycles. The van der Waals surface area contributed by atoms with Crippen molar-refractivity contribution in [1.29, 1.82) is 0 Å². The van der Waals surface area contributed by atoms with Gasteiger partial charge in [-0.15, -0.1) is 11.3 Å². The number of hydrogen-bond donors (Lipinski definition) is 1. The molecule has 0 bridgehead atoms. The van der Waals surface area contributed by atoms with Crippen molar-refractivity contribution < 1.29 is 9.53 Å². The zero-order valence-electron chi connectivity index (χ0n) is 15.1. The fraction of sp³-hybridized carbons (Fsp3) is 0.318. The Morgan fingerprint density at radius 2 is 1.85 bits per heavy atom. The summed E-state index contributed by atoms with van der Waals surface area (Å²) in [5.41, 5.74) is 2.46. The minimum absolute atomic E-state index is 0.0674. The lowest BCUT2D eigenvalue weighted by atomic mass is 9.88. The van der Waals surface area contributed by atoms with E-state index >= 15 is 0 Å². The number of amides is 1. The molecular weight excluding hydrogens is 356 g/mol. The van der Waals surface area contributed by atoms with Crippen LogP contribution in [0.15, 0.2) is 48.5 Å². The third kappa shape index (κ3) is 3.11. The molecule has 1 fully saturated rings. The summed E-state index contributed by atoms with van der Waals surface area (Å²) in [4.78, 5) is 15.9. The van der Waals surface area contributed by atoms with E-state index in [2.05, 4.69) is 58.7 Å². The fourth-order valence-electron chi connectivity index (χ4n) is 4.10. The summed E-state index contributed by atoms with van der Waals surface area (Å²) in [6, 6.07) is 17.4. The molecule has 5 rings (SSSR count). The van der Waals surface area contributed by atoms with Crippen molar-refractivity contribution in [2.75, 3.05) is 37.7 Å². The molecule has 138 valence electrons. The topological polar surface area (TPSA) is 41.6 Å². The average Bonchev–Trinajstić information content (AvgIpc) is 3.10. The zero-order chi connectivity index (χ0) is 18.2. The number of thiophene rings is 1. The average molecular weight is 378 g/mol. The van der Waals surface area contributed by atoms with Crippen LogP contribution in [0.1, 0.15) is 33.1 Å². The van der Waals surface area contributed by atoms with Gasteiger partial charge in [0.05, 0.1) is 23.1 Å². The maximum Gasteiger partial charge on any atom is 0.261 e. The van der Waals surface area contributed by atoms with Crippen LogP contribution in [-0.2, 0) is 4.74 Å². The first-order chi connectivity index (χ1) is 13.3. The monoisotopic (exact) mass is 378 g/mol. The number of anilines is 1. The van der Waals surface area contributed by atoms with Gasteiger partial charge in [0, 0.05) is 25.6 Å². The number of nitrogens with one attached hydrogen (secondary N) is 1. The van der Waals surface area contributed by atoms with Gasteiger partial charge >= 0.3 is 0 Å². The Hall–Kier alpha value is -2.37. The molecule has 5 heteroatoms. The molecule has 2 aliphatic heterocycles. The van der Waals surface area contributed by atoms with Crippen molar-refractivity contribution in [2.24, 2.45) is 0 Å². The maximum absolute atomic E-state index is 12.6. The molecule has 0 aliphatic carbocycles. The summed E-state index contributed by atoms with van der Waals surface area (Å²) < 4.78 is 5.48. The Kier molecular flexibility index (Phi) is 4.34. The maximum atomic E-state index is 12.6. The predicted octanol–water partition coefficient (Wildman–Crippen LogP) is 4.00. The van der Waals surface area contributed by atoms with Crippen LogP contribution in [0.25, 0.3) is 10.8 Å². The van der Waals surface area contributed by atoms with E-state index in [0.717, 1.165) is 37.6 Å². The number of ether oxygens (including phenoxy) is 1. The molecule has 0 spiro atoms. The molecule has 0 saturated carbocycles. The molecule has 1 N–H and O–H groups in total. The molecular formula is C22H22N2O2S. The van der Waals surface area contributed by atoms with Crippen LogP contribution in [0.2, 0.25) is 0 Å². The summed E-state index contributed by atoms with van der Waals surface area (Å²) in [7, 11) is 0. The largest absolute Gasteiger partial charge is 0.378 e. The summed E-state index contributed by atoms with van der Waals surface area (Å²) in [5.74, 6) is 0.312. The van der Waals surface area contributed by atoms with Crippen molar-refractivity contribution in [3.63, 3.8) is 0 Å². The molecule has 1 unspecified atom stereocenters. The molecule has 1 aromatic heterocycles. The minimum Gasteiger partial charge on any atom is -0.378 e. The lowest BCUT2D eigenvalue weighted by Crippen LogP contribution is -2.35. The predicted molar refractivity (Wildman–Crippen MR) is 110 cm³/mol. The molecule has 1 saturated heterocycles. The van der Waals surface area contributed by atoms with Gasteiger partial charge in [-0.1, -0.05) is 42.5 Å². The minimum atomic E-state index is 0.0674. The standard InChI is InChI=1S/C22H22N2O2S/c25-22-21-19(14-20(27-21)24-9-11-26-12-10-24)18(7-8-23-22)17-6-5-15-3-1-2-4-16(15)13-17/h1-6,13-14,18H,7-12H2,(H,23,25). The number of fused-ring (bicyclic) bond motifs is 2. The van der Waals surface area contributed by atoms with Crippen molar-refractivity contribution in [3.05, 3.63) is 64.5 Å². The van der Waals surface area contributed by atoms with Crippen molar-refractivity contribution in [2.45, 2.75) is 12.3 Å². The van der Waals surface area contributed by atoms with E-state index in [1.165, 1.54) is 26.9 Å². The first kappa shape index (κ1) is 16.8. The lowest BCUT2D eigenvalue weighted by Gasteiger charge is -2.27. The van der Waals surface area contributed by atoms with Gasteiger partial charge in [-0.25, -0.2) is 0 Å². The van der Waals surface area contributed by atoms with Crippen molar-refractivity contribution >= 4 is 33.0 Å². The Morgan fingerprint density at radius 3 is 2.70 bits per heavy atom. The Bertz CT molecular complexity index is 991. The van der Waals surface area contributed by atoms with Crippen LogP contribution in [0.3, 0.4) is 0 Å². The van der Waals surface area contributed by atoms with E-state index in [1.807, 2.05) is 0 Å². The third-order valence-corrected chi connectivity index (χ3v) is 6.76. The SMILES string of the molecule is O=C1NCCC(c2ccc3ccccc3c2)c2cc(N3CCOCC3)sc21. The Balaban J connectivity index is 1.57. The van der Waals surface area contributed by atoms with Gasteiger partial charge in [0.2, 0.25) is 0 Å². The van der Waals surface area contributed by atoms with Crippen LogP contribution < -0.4 is 10.2 Å². The molecule has 4 nitrogen and oxygen atoms in total. The summed E-state index contributed by atoms with van der Waals surface area (Å²) in [6.07, 6.45) is 0.927. The highest BCUT2D eigenvalue weighted by Crippen LogP contribution is 2.41. The summed E-state index contributed by atoms with van der Waals surface area (Å²) in [6.45, 7) is 4.00. The van der Waals surface area contributed by atoms with Crippen LogP contribution >= 0.6 is 11.3 Å². The van der Waals surface area contributed by atoms with E-state index < -0.39 is 0 Å². The number of rotatable bonds is 2. The first-order valence-corrected chi connectivity index (χ1v) is 10.3. The van der Waals surface area contributed by atoms with Crippen LogP contribution in [-0.4, -0.2) is 38.8 Å².